The number of methoxy groups -OCH3 is 2. The van der Waals surface area contributed by atoms with Gasteiger partial charge in [-0.2, -0.15) is 0 Å². The van der Waals surface area contributed by atoms with Crippen LogP contribution in [0.1, 0.15) is 16.2 Å². The van der Waals surface area contributed by atoms with Gasteiger partial charge in [0.05, 0.1) is 13.7 Å². The maximum Gasteiger partial charge on any atom is 0.273 e. The Kier molecular flexibility index (Phi) is 4.94. The Labute approximate surface area is 123 Å². The summed E-state index contributed by atoms with van der Waals surface area (Å²) < 4.78 is 15.5. The molecule has 0 saturated heterocycles. The van der Waals surface area contributed by atoms with E-state index in [0.717, 1.165) is 11.3 Å². The third-order valence-electron chi connectivity index (χ3n) is 2.94. The van der Waals surface area contributed by atoms with Crippen molar-refractivity contribution >= 4 is 5.91 Å². The molecular weight excluding hydrogens is 272 g/mol. The zero-order valence-electron chi connectivity index (χ0n) is 12.3. The minimum absolute atomic E-state index is 0.270. The Bertz CT molecular complexity index is 605. The normalized spacial score (nSPS) is 10.4. The molecule has 0 spiro atoms. The second kappa shape index (κ2) is 6.90. The summed E-state index contributed by atoms with van der Waals surface area (Å²) in [6.45, 7) is 2.60. The standard InChI is InChI=1S/C15H18N2O4/c1-10-13(14(18)16-8-9-19-2)17-15(21-10)11-4-6-12(20-3)7-5-11/h4-7H,8-9H2,1-3H3,(H,16,18). The van der Waals surface area contributed by atoms with Crippen molar-refractivity contribution in [2.24, 2.45) is 0 Å². The van der Waals surface area contributed by atoms with E-state index < -0.39 is 0 Å². The molecule has 6 nitrogen and oxygen atoms in total. The first-order chi connectivity index (χ1) is 10.2. The molecule has 1 amide bonds. The lowest BCUT2D eigenvalue weighted by Crippen LogP contribution is -2.27. The molecule has 1 N–H and O–H groups in total. The Morgan fingerprint density at radius 2 is 2.00 bits per heavy atom. The molecule has 0 saturated carbocycles. The first kappa shape index (κ1) is 15.1. The Morgan fingerprint density at radius 3 is 2.62 bits per heavy atom. The fraction of sp³-hybridized carbons (Fsp3) is 0.333. The molecular formula is C15H18N2O4. The van der Waals surface area contributed by atoms with E-state index in [-0.39, 0.29) is 11.6 Å². The van der Waals surface area contributed by atoms with E-state index in [9.17, 15) is 4.79 Å². The van der Waals surface area contributed by atoms with Gasteiger partial charge in [-0.3, -0.25) is 4.79 Å². The number of nitrogens with one attached hydrogen (secondary N) is 1. The molecule has 112 valence electrons. The van der Waals surface area contributed by atoms with E-state index >= 15 is 0 Å². The summed E-state index contributed by atoms with van der Waals surface area (Å²) in [4.78, 5) is 16.2. The van der Waals surface area contributed by atoms with Gasteiger partial charge in [-0.1, -0.05) is 0 Å². The monoisotopic (exact) mass is 290 g/mol. The number of carbonyl (C=O) groups is 1. The van der Waals surface area contributed by atoms with E-state index in [1.165, 1.54) is 0 Å². The number of amides is 1. The molecule has 1 aromatic heterocycles. The third-order valence-corrected chi connectivity index (χ3v) is 2.94. The molecule has 0 atom stereocenters. The number of carbonyl (C=O) groups excluding carboxylic acids is 1. The van der Waals surface area contributed by atoms with Crippen LogP contribution < -0.4 is 10.1 Å². The Balaban J connectivity index is 2.15. The van der Waals surface area contributed by atoms with Crippen LogP contribution in [0.15, 0.2) is 28.7 Å². The number of aromatic nitrogens is 1. The van der Waals surface area contributed by atoms with Crippen molar-refractivity contribution in [1.29, 1.82) is 0 Å². The number of aryl methyl sites for hydroxylation is 1. The first-order valence-corrected chi connectivity index (χ1v) is 6.54. The van der Waals surface area contributed by atoms with Gasteiger partial charge in [-0.05, 0) is 31.2 Å². The summed E-state index contributed by atoms with van der Waals surface area (Å²) in [6.07, 6.45) is 0. The Morgan fingerprint density at radius 1 is 1.29 bits per heavy atom. The smallest absolute Gasteiger partial charge is 0.273 e. The van der Waals surface area contributed by atoms with Gasteiger partial charge >= 0.3 is 0 Å². The summed E-state index contributed by atoms with van der Waals surface area (Å²) in [5, 5.41) is 2.72. The van der Waals surface area contributed by atoms with Crippen LogP contribution in [0.4, 0.5) is 0 Å². The van der Waals surface area contributed by atoms with E-state index in [0.29, 0.717) is 24.8 Å². The predicted molar refractivity (Wildman–Crippen MR) is 77.4 cm³/mol. The zero-order chi connectivity index (χ0) is 15.2. The van der Waals surface area contributed by atoms with Gasteiger partial charge in [-0.25, -0.2) is 4.98 Å². The molecule has 0 fully saturated rings. The molecule has 0 radical (unpaired) electrons. The summed E-state index contributed by atoms with van der Waals surface area (Å²) in [5.74, 6) is 1.37. The maximum atomic E-state index is 12.0. The molecule has 2 aromatic rings. The number of nitrogens with zero attached hydrogens (tertiary/aromatic N) is 1. The van der Waals surface area contributed by atoms with Crippen LogP contribution in [0.5, 0.6) is 5.75 Å². The van der Waals surface area contributed by atoms with Crippen molar-refractivity contribution in [3.05, 3.63) is 35.7 Å². The molecule has 2 rings (SSSR count). The first-order valence-electron chi connectivity index (χ1n) is 6.54. The molecule has 0 bridgehead atoms. The van der Waals surface area contributed by atoms with Crippen molar-refractivity contribution in [2.45, 2.75) is 6.92 Å². The number of ether oxygens (including phenoxy) is 2. The highest BCUT2D eigenvalue weighted by atomic mass is 16.5. The molecule has 1 heterocycles. The summed E-state index contributed by atoms with van der Waals surface area (Å²) in [5.41, 5.74) is 1.08. The highest BCUT2D eigenvalue weighted by Crippen LogP contribution is 2.23. The molecule has 0 aliphatic rings. The minimum atomic E-state index is -0.270. The topological polar surface area (TPSA) is 73.6 Å². The van der Waals surface area contributed by atoms with Crippen LogP contribution in [0, 0.1) is 6.92 Å². The highest BCUT2D eigenvalue weighted by molar-refractivity contribution is 5.93. The summed E-state index contributed by atoms with van der Waals surface area (Å²) in [6, 6.07) is 7.29. The SMILES string of the molecule is COCCNC(=O)c1nc(-c2ccc(OC)cc2)oc1C. The zero-order valence-corrected chi connectivity index (χ0v) is 12.3. The fourth-order valence-corrected chi connectivity index (χ4v) is 1.81. The maximum absolute atomic E-state index is 12.0. The number of oxazole rings is 1. The average Bonchev–Trinajstić information content (AvgIpc) is 2.89. The van der Waals surface area contributed by atoms with Crippen LogP contribution in [0.2, 0.25) is 0 Å². The van der Waals surface area contributed by atoms with Gasteiger partial charge < -0.3 is 19.2 Å². The number of benzene rings is 1. The lowest BCUT2D eigenvalue weighted by atomic mass is 10.2. The lowest BCUT2D eigenvalue weighted by molar-refractivity contribution is 0.0931. The van der Waals surface area contributed by atoms with Gasteiger partial charge in [0.25, 0.3) is 5.91 Å². The van der Waals surface area contributed by atoms with Crippen molar-refractivity contribution in [3.8, 4) is 17.2 Å². The molecule has 1 aromatic carbocycles. The summed E-state index contributed by atoms with van der Waals surface area (Å²) in [7, 11) is 3.18. The van der Waals surface area contributed by atoms with E-state index in [2.05, 4.69) is 10.3 Å². The van der Waals surface area contributed by atoms with Crippen LogP contribution >= 0.6 is 0 Å². The van der Waals surface area contributed by atoms with Gasteiger partial charge in [0.1, 0.15) is 11.5 Å². The number of rotatable bonds is 6. The molecule has 0 unspecified atom stereocenters. The Hall–Kier alpha value is -2.34. The van der Waals surface area contributed by atoms with Gasteiger partial charge in [0, 0.05) is 19.2 Å². The average molecular weight is 290 g/mol. The van der Waals surface area contributed by atoms with Crippen LogP contribution in [-0.2, 0) is 4.74 Å². The van der Waals surface area contributed by atoms with Gasteiger partial charge in [-0.15, -0.1) is 0 Å². The van der Waals surface area contributed by atoms with Crippen molar-refractivity contribution in [2.75, 3.05) is 27.4 Å². The third kappa shape index (κ3) is 3.61. The second-order valence-electron chi connectivity index (χ2n) is 4.40. The van der Waals surface area contributed by atoms with E-state index in [4.69, 9.17) is 13.9 Å². The van der Waals surface area contributed by atoms with Crippen molar-refractivity contribution < 1.29 is 18.7 Å². The quantitative estimate of drug-likeness (QED) is 0.824. The van der Waals surface area contributed by atoms with E-state index in [1.54, 1.807) is 21.1 Å². The van der Waals surface area contributed by atoms with Gasteiger partial charge in [0.15, 0.2) is 5.69 Å². The molecule has 6 heteroatoms. The van der Waals surface area contributed by atoms with Crippen LogP contribution in [-0.4, -0.2) is 38.3 Å². The van der Waals surface area contributed by atoms with Crippen molar-refractivity contribution in [3.63, 3.8) is 0 Å². The van der Waals surface area contributed by atoms with Crippen LogP contribution in [0.3, 0.4) is 0 Å². The molecule has 0 aliphatic heterocycles. The molecule has 0 aliphatic carbocycles. The predicted octanol–water partition coefficient (Wildman–Crippen LogP) is 2.03. The number of hydrogen-bond acceptors (Lipinski definition) is 5. The van der Waals surface area contributed by atoms with Gasteiger partial charge in [0.2, 0.25) is 5.89 Å². The highest BCUT2D eigenvalue weighted by Gasteiger charge is 2.17. The minimum Gasteiger partial charge on any atom is -0.497 e. The number of hydrogen-bond donors (Lipinski definition) is 1. The lowest BCUT2D eigenvalue weighted by Gasteiger charge is -2.01. The molecule has 21 heavy (non-hydrogen) atoms. The fourth-order valence-electron chi connectivity index (χ4n) is 1.81. The van der Waals surface area contributed by atoms with Crippen molar-refractivity contribution in [1.82, 2.24) is 10.3 Å². The second-order valence-corrected chi connectivity index (χ2v) is 4.40. The van der Waals surface area contributed by atoms with E-state index in [1.807, 2.05) is 24.3 Å². The van der Waals surface area contributed by atoms with Crippen LogP contribution in [0.25, 0.3) is 11.5 Å². The summed E-state index contributed by atoms with van der Waals surface area (Å²) >= 11 is 0. The largest absolute Gasteiger partial charge is 0.497 e.